The third-order valence-corrected chi connectivity index (χ3v) is 0.425. The highest BCUT2D eigenvalue weighted by atomic mass is 35.7. The molecule has 0 aliphatic heterocycles. The van der Waals surface area contributed by atoms with Crippen molar-refractivity contribution in [1.82, 2.24) is 0 Å². The smallest absolute Gasteiger partial charge is 0.267 e. The molecule has 1 aromatic heterocycles. The minimum absolute atomic E-state index is 0.361. The lowest BCUT2D eigenvalue weighted by molar-refractivity contribution is 0.567. The van der Waals surface area contributed by atoms with Crippen LogP contribution >= 0.6 is 19.1 Å². The van der Waals surface area contributed by atoms with Crippen LogP contribution in [0.5, 0.6) is 0 Å². The Labute approximate surface area is 53.4 Å². The first-order chi connectivity index (χ1) is 3.91. The minimum Gasteiger partial charge on any atom is -0.473 e. The summed E-state index contributed by atoms with van der Waals surface area (Å²) in [6, 6.07) is 3.67. The lowest BCUT2D eigenvalue weighted by atomic mass is 10.7. The molecule has 1 aromatic rings. The first kappa shape index (κ1) is 7.67. The van der Waals surface area contributed by atoms with E-state index in [1.807, 2.05) is 12.1 Å². The van der Waals surface area contributed by atoms with Gasteiger partial charge in [-0.3, -0.25) is 4.57 Å². The number of halogens is 1. The molecular weight excluding hydrogens is 146 g/mol. The van der Waals surface area contributed by atoms with E-state index in [1.54, 1.807) is 12.5 Å². The van der Waals surface area contributed by atoms with Crippen LogP contribution in [0.3, 0.4) is 0 Å². The molecule has 0 aliphatic rings. The average Bonchev–Trinajstić information content (AvgIpc) is 2.17. The van der Waals surface area contributed by atoms with E-state index in [0.29, 0.717) is 0 Å². The van der Waals surface area contributed by atoms with Crippen molar-refractivity contribution in [3.8, 4) is 0 Å². The predicted molar refractivity (Wildman–Crippen MR) is 32.2 cm³/mol. The zero-order valence-corrected chi connectivity index (χ0v) is 5.60. The van der Waals surface area contributed by atoms with E-state index in [-0.39, 0.29) is 7.81 Å². The van der Waals surface area contributed by atoms with Gasteiger partial charge in [-0.2, -0.15) is 0 Å². The van der Waals surface area contributed by atoms with E-state index in [1.165, 1.54) is 0 Å². The van der Waals surface area contributed by atoms with Gasteiger partial charge in [-0.05, 0) is 23.4 Å². The molecule has 0 spiro atoms. The zero-order chi connectivity index (χ0) is 6.24. The van der Waals surface area contributed by atoms with Crippen LogP contribution in [-0.4, -0.2) is 0 Å². The molecule has 0 amide bonds. The number of rotatable bonds is 0. The molecule has 4 heteroatoms. The van der Waals surface area contributed by atoms with Gasteiger partial charge in [0.1, 0.15) is 0 Å². The highest BCUT2D eigenvalue weighted by Crippen LogP contribution is 1.92. The molecule has 0 aromatic carbocycles. The highest BCUT2D eigenvalue weighted by molar-refractivity contribution is 7.57. The quantitative estimate of drug-likeness (QED) is 0.533. The van der Waals surface area contributed by atoms with E-state index >= 15 is 0 Å². The van der Waals surface area contributed by atoms with Crippen LogP contribution in [0.25, 0.3) is 0 Å². The Hall–Kier alpha value is -0.330. The summed E-state index contributed by atoms with van der Waals surface area (Å²) in [5, 5.41) is 0. The number of furan rings is 1. The van der Waals surface area contributed by atoms with Crippen LogP contribution in [0.2, 0.25) is 0 Å². The third kappa shape index (κ3) is 5.67. The van der Waals surface area contributed by atoms with Crippen molar-refractivity contribution in [1.29, 1.82) is 0 Å². The summed E-state index contributed by atoms with van der Waals surface area (Å²) in [7, 11) is -0.361. The maximum atomic E-state index is 8.67. The van der Waals surface area contributed by atoms with E-state index in [0.717, 1.165) is 0 Å². The molecule has 1 heterocycles. The molecular formula is C4H4ClO2P. The van der Waals surface area contributed by atoms with Crippen LogP contribution in [-0.2, 0) is 4.57 Å². The molecule has 8 heavy (non-hydrogen) atoms. The van der Waals surface area contributed by atoms with Crippen LogP contribution in [0, 0.1) is 0 Å². The molecule has 0 atom stereocenters. The van der Waals surface area contributed by atoms with Gasteiger partial charge in [-0.15, -0.1) is 0 Å². The second-order valence-corrected chi connectivity index (χ2v) is 1.41. The van der Waals surface area contributed by atoms with Crippen LogP contribution in [0.1, 0.15) is 0 Å². The van der Waals surface area contributed by atoms with Gasteiger partial charge in [0.05, 0.1) is 12.5 Å². The Morgan fingerprint density at radius 1 is 1.38 bits per heavy atom. The first-order valence-corrected chi connectivity index (χ1v) is 3.54. The standard InChI is InChI=1S/C4H4O.ClOP/c1-2-4-5-3-1;1-3-2/h1-4H;. The van der Waals surface area contributed by atoms with Crippen molar-refractivity contribution in [3.05, 3.63) is 24.7 Å². The molecule has 1 rings (SSSR count). The summed E-state index contributed by atoms with van der Waals surface area (Å²) < 4.78 is 13.3. The monoisotopic (exact) mass is 150 g/mol. The lowest BCUT2D eigenvalue weighted by Gasteiger charge is -1.50. The molecule has 0 unspecified atom stereocenters. The molecule has 0 N–H and O–H groups in total. The molecule has 0 fully saturated rings. The van der Waals surface area contributed by atoms with Crippen molar-refractivity contribution in [3.63, 3.8) is 0 Å². The predicted octanol–water partition coefficient (Wildman–Crippen LogP) is 2.71. The topological polar surface area (TPSA) is 30.2 Å². The molecule has 0 aliphatic carbocycles. The van der Waals surface area contributed by atoms with E-state index in [9.17, 15) is 0 Å². The maximum Gasteiger partial charge on any atom is 0.267 e. The third-order valence-electron chi connectivity index (χ3n) is 0.425. The number of hydrogen-bond acceptors (Lipinski definition) is 2. The fourth-order valence-electron chi connectivity index (χ4n) is 0.227. The van der Waals surface area contributed by atoms with Crippen molar-refractivity contribution in [2.24, 2.45) is 0 Å². The second kappa shape index (κ2) is 6.67. The van der Waals surface area contributed by atoms with E-state index < -0.39 is 0 Å². The molecule has 0 saturated heterocycles. The zero-order valence-electron chi connectivity index (χ0n) is 3.95. The van der Waals surface area contributed by atoms with Gasteiger partial charge in [0, 0.05) is 0 Å². The summed E-state index contributed by atoms with van der Waals surface area (Å²) in [5.74, 6) is 0. The summed E-state index contributed by atoms with van der Waals surface area (Å²) in [6.45, 7) is 0. The van der Waals surface area contributed by atoms with Crippen molar-refractivity contribution in [2.75, 3.05) is 0 Å². The second-order valence-electron chi connectivity index (χ2n) is 0.862. The van der Waals surface area contributed by atoms with Gasteiger partial charge < -0.3 is 4.42 Å². The van der Waals surface area contributed by atoms with E-state index in [4.69, 9.17) is 4.57 Å². The molecule has 2 nitrogen and oxygen atoms in total. The van der Waals surface area contributed by atoms with Crippen molar-refractivity contribution >= 4 is 19.1 Å². The molecule has 44 valence electrons. The summed E-state index contributed by atoms with van der Waals surface area (Å²) in [6.07, 6.45) is 3.25. The van der Waals surface area contributed by atoms with E-state index in [2.05, 4.69) is 15.7 Å². The fraction of sp³-hybridized carbons (Fsp3) is 0. The Morgan fingerprint density at radius 3 is 1.88 bits per heavy atom. The van der Waals surface area contributed by atoms with Crippen LogP contribution < -0.4 is 0 Å². The van der Waals surface area contributed by atoms with Gasteiger partial charge in [-0.25, -0.2) is 0 Å². The van der Waals surface area contributed by atoms with Gasteiger partial charge in [0.15, 0.2) is 0 Å². The Balaban J connectivity index is 0.000000145. The number of hydrogen-bond donors (Lipinski definition) is 0. The first-order valence-electron chi connectivity index (χ1n) is 1.82. The fourth-order valence-corrected chi connectivity index (χ4v) is 0.227. The Kier molecular flexibility index (Phi) is 6.39. The summed E-state index contributed by atoms with van der Waals surface area (Å²) >= 11 is 4.42. The highest BCUT2D eigenvalue weighted by Gasteiger charge is 1.58. The largest absolute Gasteiger partial charge is 0.473 e. The molecule has 0 saturated carbocycles. The average molecular weight is 151 g/mol. The lowest BCUT2D eigenvalue weighted by Crippen LogP contribution is -1.16. The van der Waals surface area contributed by atoms with Crippen LogP contribution in [0.4, 0.5) is 0 Å². The SMILES string of the molecule is O=PCl.c1ccoc1. The summed E-state index contributed by atoms with van der Waals surface area (Å²) in [5.41, 5.74) is 0. The van der Waals surface area contributed by atoms with Gasteiger partial charge in [0.2, 0.25) is 0 Å². The maximum absolute atomic E-state index is 8.67. The molecule has 0 radical (unpaired) electrons. The Morgan fingerprint density at radius 2 is 1.75 bits per heavy atom. The minimum atomic E-state index is -0.361. The van der Waals surface area contributed by atoms with Gasteiger partial charge >= 0.3 is 0 Å². The van der Waals surface area contributed by atoms with Crippen molar-refractivity contribution < 1.29 is 8.98 Å². The normalized spacial score (nSPS) is 7.62. The van der Waals surface area contributed by atoms with Crippen molar-refractivity contribution in [2.45, 2.75) is 0 Å². The molecule has 0 bridgehead atoms. The van der Waals surface area contributed by atoms with Crippen LogP contribution in [0.15, 0.2) is 29.1 Å². The Bertz CT molecular complexity index is 100. The summed E-state index contributed by atoms with van der Waals surface area (Å²) in [4.78, 5) is 0. The van der Waals surface area contributed by atoms with Gasteiger partial charge in [0.25, 0.3) is 7.81 Å². The van der Waals surface area contributed by atoms with Gasteiger partial charge in [-0.1, -0.05) is 0 Å².